The van der Waals surface area contributed by atoms with Crippen LogP contribution in [-0.4, -0.2) is 52.2 Å². The van der Waals surface area contributed by atoms with Crippen LogP contribution in [0.3, 0.4) is 0 Å². The van der Waals surface area contributed by atoms with Crippen molar-refractivity contribution in [2.24, 2.45) is 5.92 Å². The summed E-state index contributed by atoms with van der Waals surface area (Å²) in [6.07, 6.45) is -3.69. The Kier molecular flexibility index (Phi) is 6.64. The first kappa shape index (κ1) is 25.2. The Morgan fingerprint density at radius 2 is 1.73 bits per heavy atom. The normalized spacial score (nSPS) is 16.4. The van der Waals surface area contributed by atoms with Crippen LogP contribution in [0.1, 0.15) is 29.3 Å². The molecular formula is C21H21F4NO5S2. The summed E-state index contributed by atoms with van der Waals surface area (Å²) in [5, 5.41) is -1.01. The van der Waals surface area contributed by atoms with Gasteiger partial charge in [-0.2, -0.15) is 13.2 Å². The molecule has 0 saturated carbocycles. The quantitative estimate of drug-likeness (QED) is 0.441. The lowest BCUT2D eigenvalue weighted by molar-refractivity contribution is -0.137. The summed E-state index contributed by atoms with van der Waals surface area (Å²) in [5.74, 6) is -1.73. The number of amides is 1. The summed E-state index contributed by atoms with van der Waals surface area (Å²) < 4.78 is 102. The topological polar surface area (TPSA) is 88.6 Å². The maximum Gasteiger partial charge on any atom is 0.416 e. The predicted octanol–water partition coefficient (Wildman–Crippen LogP) is 3.57. The molecule has 0 N–H and O–H groups in total. The van der Waals surface area contributed by atoms with Crippen LogP contribution >= 0.6 is 0 Å². The lowest BCUT2D eigenvalue weighted by Gasteiger charge is -2.40. The molecule has 3 rings (SSSR count). The molecule has 12 heteroatoms. The highest BCUT2D eigenvalue weighted by molar-refractivity contribution is 7.92. The second-order valence-electron chi connectivity index (χ2n) is 8.11. The number of alkyl halides is 3. The molecule has 2 aromatic carbocycles. The lowest BCUT2D eigenvalue weighted by Crippen LogP contribution is -2.51. The van der Waals surface area contributed by atoms with Crippen molar-refractivity contribution in [3.63, 3.8) is 0 Å². The SMILES string of the molecule is CC(CC1CN(C(=O)c2cc(F)ccc2S(C)(=O)=O)C1)S(=O)(=O)c1cccc(C(F)(F)F)c1. The molecule has 1 aliphatic rings. The Morgan fingerprint density at radius 3 is 2.30 bits per heavy atom. The number of rotatable bonds is 6. The molecule has 33 heavy (non-hydrogen) atoms. The standard InChI is InChI=1S/C21H21F4NO5S2/c1-13(33(30,31)17-5-3-4-15(9-17)21(23,24)25)8-14-11-26(12-14)20(27)18-10-16(22)6-7-19(18)32(2,28)29/h3-7,9-10,13-14H,8,11-12H2,1-2H3. The number of hydrogen-bond donors (Lipinski definition) is 0. The fourth-order valence-corrected chi connectivity index (χ4v) is 6.14. The zero-order valence-electron chi connectivity index (χ0n) is 17.6. The number of benzene rings is 2. The van der Waals surface area contributed by atoms with E-state index >= 15 is 0 Å². The monoisotopic (exact) mass is 507 g/mol. The van der Waals surface area contributed by atoms with Crippen LogP contribution in [-0.2, 0) is 25.9 Å². The highest BCUT2D eigenvalue weighted by Gasteiger charge is 2.37. The smallest absolute Gasteiger partial charge is 0.338 e. The van der Waals surface area contributed by atoms with Crippen LogP contribution in [0.15, 0.2) is 52.3 Å². The summed E-state index contributed by atoms with van der Waals surface area (Å²) in [4.78, 5) is 13.2. The number of nitrogens with zero attached hydrogens (tertiary/aromatic N) is 1. The van der Waals surface area contributed by atoms with Crippen molar-refractivity contribution in [2.75, 3.05) is 19.3 Å². The zero-order valence-corrected chi connectivity index (χ0v) is 19.3. The minimum Gasteiger partial charge on any atom is -0.338 e. The summed E-state index contributed by atoms with van der Waals surface area (Å²) in [7, 11) is -7.83. The minimum absolute atomic E-state index is 0.0877. The number of hydrogen-bond acceptors (Lipinski definition) is 5. The summed E-state index contributed by atoms with van der Waals surface area (Å²) in [5.41, 5.74) is -1.37. The Morgan fingerprint density at radius 1 is 1.09 bits per heavy atom. The van der Waals surface area contributed by atoms with Gasteiger partial charge in [-0.15, -0.1) is 0 Å². The van der Waals surface area contributed by atoms with Gasteiger partial charge >= 0.3 is 6.18 Å². The molecule has 1 unspecified atom stereocenters. The van der Waals surface area contributed by atoms with E-state index in [1.165, 1.54) is 11.8 Å². The van der Waals surface area contributed by atoms with Crippen molar-refractivity contribution in [3.8, 4) is 0 Å². The Balaban J connectivity index is 1.70. The molecule has 0 bridgehead atoms. The molecular weight excluding hydrogens is 486 g/mol. The summed E-state index contributed by atoms with van der Waals surface area (Å²) >= 11 is 0. The van der Waals surface area contributed by atoms with E-state index in [2.05, 4.69) is 0 Å². The number of carbonyl (C=O) groups is 1. The average molecular weight is 508 g/mol. The molecule has 1 atom stereocenters. The molecule has 2 aromatic rings. The van der Waals surface area contributed by atoms with Crippen LogP contribution < -0.4 is 0 Å². The molecule has 1 fully saturated rings. The molecule has 1 saturated heterocycles. The highest BCUT2D eigenvalue weighted by Crippen LogP contribution is 2.33. The van der Waals surface area contributed by atoms with Gasteiger partial charge in [0.25, 0.3) is 5.91 Å². The van der Waals surface area contributed by atoms with E-state index in [9.17, 15) is 39.2 Å². The maximum absolute atomic E-state index is 13.6. The second-order valence-corrected chi connectivity index (χ2v) is 12.5. The van der Waals surface area contributed by atoms with Crippen molar-refractivity contribution < 1.29 is 39.2 Å². The van der Waals surface area contributed by atoms with Crippen LogP contribution in [0.4, 0.5) is 17.6 Å². The Hall–Kier alpha value is -2.47. The van der Waals surface area contributed by atoms with E-state index in [1.54, 1.807) is 0 Å². The number of sulfone groups is 2. The van der Waals surface area contributed by atoms with Gasteiger partial charge < -0.3 is 4.90 Å². The first-order valence-electron chi connectivity index (χ1n) is 9.80. The molecule has 0 spiro atoms. The molecule has 6 nitrogen and oxygen atoms in total. The van der Waals surface area contributed by atoms with Gasteiger partial charge in [0.15, 0.2) is 19.7 Å². The first-order chi connectivity index (χ1) is 15.1. The summed E-state index contributed by atoms with van der Waals surface area (Å²) in [6, 6.07) is 6.31. The van der Waals surface area contributed by atoms with Gasteiger partial charge in [0, 0.05) is 19.3 Å². The molecule has 0 radical (unpaired) electrons. The third kappa shape index (κ3) is 5.37. The van der Waals surface area contributed by atoms with Gasteiger partial charge in [0.05, 0.1) is 26.2 Å². The van der Waals surface area contributed by atoms with Gasteiger partial charge in [-0.1, -0.05) is 6.07 Å². The van der Waals surface area contributed by atoms with Crippen LogP contribution in [0.25, 0.3) is 0 Å². The molecule has 180 valence electrons. The van der Waals surface area contributed by atoms with Crippen molar-refractivity contribution >= 4 is 25.6 Å². The third-order valence-corrected chi connectivity index (χ3v) is 8.82. The number of halogens is 4. The van der Waals surface area contributed by atoms with Crippen LogP contribution in [0, 0.1) is 11.7 Å². The molecule has 1 heterocycles. The molecule has 1 aliphatic heterocycles. The third-order valence-electron chi connectivity index (χ3n) is 5.50. The second kappa shape index (κ2) is 8.71. The molecule has 0 aromatic heterocycles. The van der Waals surface area contributed by atoms with Gasteiger partial charge in [-0.3, -0.25) is 4.79 Å². The van der Waals surface area contributed by atoms with Gasteiger partial charge in [-0.05, 0) is 55.7 Å². The van der Waals surface area contributed by atoms with Crippen molar-refractivity contribution in [2.45, 2.75) is 34.6 Å². The van der Waals surface area contributed by atoms with E-state index in [1.807, 2.05) is 0 Å². The Bertz CT molecular complexity index is 1280. The van der Waals surface area contributed by atoms with E-state index < -0.39 is 53.3 Å². The average Bonchev–Trinajstić information content (AvgIpc) is 2.68. The highest BCUT2D eigenvalue weighted by atomic mass is 32.2. The fraction of sp³-hybridized carbons (Fsp3) is 0.381. The van der Waals surface area contributed by atoms with Gasteiger partial charge in [0.1, 0.15) is 5.82 Å². The van der Waals surface area contributed by atoms with Crippen LogP contribution in [0.5, 0.6) is 0 Å². The van der Waals surface area contributed by atoms with Crippen LogP contribution in [0.2, 0.25) is 0 Å². The largest absolute Gasteiger partial charge is 0.416 e. The Labute approximate surface area is 189 Å². The van der Waals surface area contributed by atoms with E-state index in [4.69, 9.17) is 0 Å². The van der Waals surface area contributed by atoms with Gasteiger partial charge in [0.2, 0.25) is 0 Å². The fourth-order valence-electron chi connectivity index (χ4n) is 3.73. The van der Waals surface area contributed by atoms with Gasteiger partial charge in [-0.25, -0.2) is 21.2 Å². The van der Waals surface area contributed by atoms with E-state index in [-0.39, 0.29) is 35.9 Å². The summed E-state index contributed by atoms with van der Waals surface area (Å²) in [6.45, 7) is 1.61. The number of carbonyl (C=O) groups excluding carboxylic acids is 1. The predicted molar refractivity (Wildman–Crippen MR) is 112 cm³/mol. The molecule has 0 aliphatic carbocycles. The zero-order chi connectivity index (χ0) is 24.8. The van der Waals surface area contributed by atoms with E-state index in [0.29, 0.717) is 6.07 Å². The van der Waals surface area contributed by atoms with E-state index in [0.717, 1.165) is 42.7 Å². The van der Waals surface area contributed by atoms with Crippen molar-refractivity contribution in [3.05, 3.63) is 59.4 Å². The lowest BCUT2D eigenvalue weighted by atomic mass is 9.94. The van der Waals surface area contributed by atoms with Crippen molar-refractivity contribution in [1.82, 2.24) is 4.90 Å². The molecule has 1 amide bonds. The number of likely N-dealkylation sites (tertiary alicyclic amines) is 1. The minimum atomic E-state index is -4.68. The van der Waals surface area contributed by atoms with Crippen molar-refractivity contribution in [1.29, 1.82) is 0 Å². The maximum atomic E-state index is 13.6. The first-order valence-corrected chi connectivity index (χ1v) is 13.2.